The lowest BCUT2D eigenvalue weighted by molar-refractivity contribution is -0.119. The van der Waals surface area contributed by atoms with Gasteiger partial charge in [-0.15, -0.1) is 0 Å². The molecular formula is C17H17F3IN3O3S. The van der Waals surface area contributed by atoms with Crippen LogP contribution >= 0.6 is 33.9 Å². The minimum Gasteiger partial charge on any atom is -0.443 e. The minimum atomic E-state index is -4.72. The van der Waals surface area contributed by atoms with Gasteiger partial charge >= 0.3 is 12.3 Å². The lowest BCUT2D eigenvalue weighted by Crippen LogP contribution is -2.42. The smallest absolute Gasteiger partial charge is 0.415 e. The Morgan fingerprint density at radius 1 is 1.29 bits per heavy atom. The van der Waals surface area contributed by atoms with Crippen LogP contribution in [0.15, 0.2) is 24.3 Å². The van der Waals surface area contributed by atoms with Crippen molar-refractivity contribution in [2.75, 3.05) is 11.4 Å². The highest BCUT2D eigenvalue weighted by molar-refractivity contribution is 14.1. The summed E-state index contributed by atoms with van der Waals surface area (Å²) in [7, 11) is 0. The van der Waals surface area contributed by atoms with Gasteiger partial charge in [0.15, 0.2) is 5.69 Å². The maximum atomic E-state index is 13.1. The lowest BCUT2D eigenvalue weighted by atomic mass is 10.2. The zero-order valence-electron chi connectivity index (χ0n) is 15.1. The molecule has 1 aromatic carbocycles. The molecule has 0 fully saturated rings. The molecule has 0 spiro atoms. The first-order valence-corrected chi connectivity index (χ1v) is 9.80. The molecule has 11 heteroatoms. The summed E-state index contributed by atoms with van der Waals surface area (Å²) in [5, 5.41) is -0.0500. The van der Waals surface area contributed by atoms with E-state index in [2.05, 4.69) is 27.6 Å². The summed E-state index contributed by atoms with van der Waals surface area (Å²) in [6, 6.07) is 7.00. The number of primary amides is 1. The van der Waals surface area contributed by atoms with Crippen molar-refractivity contribution in [2.45, 2.75) is 32.5 Å². The van der Waals surface area contributed by atoms with Crippen LogP contribution in [0.25, 0.3) is 10.6 Å². The molecule has 0 unspecified atom stereocenters. The molecule has 0 saturated heterocycles. The highest BCUT2D eigenvalue weighted by Gasteiger charge is 2.38. The van der Waals surface area contributed by atoms with Crippen LogP contribution in [0.2, 0.25) is 0 Å². The Morgan fingerprint density at radius 3 is 2.43 bits per heavy atom. The van der Waals surface area contributed by atoms with E-state index in [0.29, 0.717) is 10.5 Å². The van der Waals surface area contributed by atoms with E-state index in [1.54, 1.807) is 18.2 Å². The Labute approximate surface area is 177 Å². The first-order valence-electron chi connectivity index (χ1n) is 7.90. The third-order valence-electron chi connectivity index (χ3n) is 3.11. The summed E-state index contributed by atoms with van der Waals surface area (Å²) in [5.41, 5.74) is 4.44. The summed E-state index contributed by atoms with van der Waals surface area (Å²) in [6.45, 7) is 2.93. The van der Waals surface area contributed by atoms with Crippen LogP contribution in [0.5, 0.6) is 0 Å². The largest absolute Gasteiger partial charge is 0.443 e. The molecule has 2 N–H and O–H groups in total. The summed E-state index contributed by atoms with van der Waals surface area (Å²) in [5.74, 6) is -1.04. The molecule has 0 aliphatic carbocycles. The van der Waals surface area contributed by atoms with Crippen LogP contribution in [0.1, 0.15) is 31.3 Å². The number of rotatable bonds is 4. The lowest BCUT2D eigenvalue weighted by Gasteiger charge is -2.27. The molecule has 28 heavy (non-hydrogen) atoms. The molecule has 2 rings (SSSR count). The van der Waals surface area contributed by atoms with E-state index < -0.39 is 36.0 Å². The first-order chi connectivity index (χ1) is 12.8. The van der Waals surface area contributed by atoms with Crippen molar-refractivity contribution in [1.82, 2.24) is 4.98 Å². The second kappa shape index (κ2) is 8.23. The first kappa shape index (κ1) is 22.4. The molecule has 2 aromatic rings. The molecule has 0 atom stereocenters. The SMILES string of the molecule is CC(C)(C)OC(=O)N(CC(F)(F)F)c1sc(-c2cccc(I)c2)nc1C(N)=O. The van der Waals surface area contributed by atoms with Gasteiger partial charge < -0.3 is 10.5 Å². The molecule has 0 bridgehead atoms. The van der Waals surface area contributed by atoms with Crippen molar-refractivity contribution in [3.05, 3.63) is 33.5 Å². The van der Waals surface area contributed by atoms with E-state index in [9.17, 15) is 22.8 Å². The fraction of sp³-hybridized carbons (Fsp3) is 0.353. The molecule has 152 valence electrons. The van der Waals surface area contributed by atoms with E-state index in [4.69, 9.17) is 10.5 Å². The number of alkyl halides is 3. The number of nitrogens with zero attached hydrogens (tertiary/aromatic N) is 2. The minimum absolute atomic E-state index is 0.262. The average molecular weight is 527 g/mol. The number of carbonyl (C=O) groups excluding carboxylic acids is 2. The number of thiazole rings is 1. The molecule has 0 aliphatic rings. The van der Waals surface area contributed by atoms with Gasteiger partial charge in [-0.25, -0.2) is 9.78 Å². The van der Waals surface area contributed by atoms with E-state index in [-0.39, 0.29) is 10.0 Å². The van der Waals surface area contributed by atoms with Gasteiger partial charge in [0.2, 0.25) is 0 Å². The number of halogens is 4. The molecule has 2 amide bonds. The molecular weight excluding hydrogens is 510 g/mol. The van der Waals surface area contributed by atoms with Gasteiger partial charge in [0.05, 0.1) is 0 Å². The van der Waals surface area contributed by atoms with E-state index in [1.165, 1.54) is 20.8 Å². The Bertz CT molecular complexity index is 894. The van der Waals surface area contributed by atoms with Crippen molar-refractivity contribution >= 4 is 50.9 Å². The Hall–Kier alpha value is -1.89. The summed E-state index contributed by atoms with van der Waals surface area (Å²) < 4.78 is 45.3. The highest BCUT2D eigenvalue weighted by Crippen LogP contribution is 2.37. The fourth-order valence-electron chi connectivity index (χ4n) is 2.12. The number of carbonyl (C=O) groups is 2. The number of aromatic nitrogens is 1. The number of benzene rings is 1. The van der Waals surface area contributed by atoms with Crippen molar-refractivity contribution in [2.24, 2.45) is 5.73 Å². The monoisotopic (exact) mass is 527 g/mol. The van der Waals surface area contributed by atoms with E-state index in [0.717, 1.165) is 14.9 Å². The van der Waals surface area contributed by atoms with Gasteiger partial charge in [0, 0.05) is 9.13 Å². The summed E-state index contributed by atoms with van der Waals surface area (Å²) in [4.78, 5) is 28.7. The van der Waals surface area contributed by atoms with Gasteiger partial charge in [-0.2, -0.15) is 13.2 Å². The molecule has 0 saturated carbocycles. The van der Waals surface area contributed by atoms with Gasteiger partial charge in [-0.1, -0.05) is 23.5 Å². The van der Waals surface area contributed by atoms with Gasteiger partial charge in [-0.05, 0) is 55.5 Å². The zero-order chi connectivity index (χ0) is 21.3. The summed E-state index contributed by atoms with van der Waals surface area (Å²) >= 11 is 2.83. The van der Waals surface area contributed by atoms with Crippen molar-refractivity contribution in [1.29, 1.82) is 0 Å². The van der Waals surface area contributed by atoms with Crippen LogP contribution in [-0.4, -0.2) is 35.3 Å². The Morgan fingerprint density at radius 2 is 1.93 bits per heavy atom. The van der Waals surface area contributed by atoms with Gasteiger partial charge in [0.1, 0.15) is 22.2 Å². The third-order valence-corrected chi connectivity index (χ3v) is 4.91. The molecule has 6 nitrogen and oxygen atoms in total. The Balaban J connectivity index is 2.57. The topological polar surface area (TPSA) is 85.5 Å². The number of nitrogens with two attached hydrogens (primary N) is 1. The number of ether oxygens (including phenoxy) is 1. The normalized spacial score (nSPS) is 12.0. The fourth-order valence-corrected chi connectivity index (χ4v) is 3.72. The summed E-state index contributed by atoms with van der Waals surface area (Å²) in [6.07, 6.45) is -5.97. The van der Waals surface area contributed by atoms with Crippen molar-refractivity contribution in [3.63, 3.8) is 0 Å². The molecule has 1 heterocycles. The Kier molecular flexibility index (Phi) is 6.58. The van der Waals surface area contributed by atoms with Crippen LogP contribution in [0.4, 0.5) is 23.0 Å². The predicted octanol–water partition coefficient (Wildman–Crippen LogP) is 4.82. The van der Waals surface area contributed by atoms with Crippen LogP contribution in [0.3, 0.4) is 0 Å². The van der Waals surface area contributed by atoms with E-state index in [1.807, 2.05) is 6.07 Å². The van der Waals surface area contributed by atoms with Crippen LogP contribution in [-0.2, 0) is 4.74 Å². The van der Waals surface area contributed by atoms with Crippen LogP contribution in [0, 0.1) is 3.57 Å². The van der Waals surface area contributed by atoms with Crippen LogP contribution < -0.4 is 10.6 Å². The van der Waals surface area contributed by atoms with Crippen molar-refractivity contribution < 1.29 is 27.5 Å². The number of hydrogen-bond acceptors (Lipinski definition) is 5. The predicted molar refractivity (Wildman–Crippen MR) is 108 cm³/mol. The second-order valence-corrected chi connectivity index (χ2v) is 8.95. The number of hydrogen-bond donors (Lipinski definition) is 1. The number of anilines is 1. The second-order valence-electron chi connectivity index (χ2n) is 6.73. The van der Waals surface area contributed by atoms with Gasteiger partial charge in [0.25, 0.3) is 5.91 Å². The standard InChI is InChI=1S/C17H17F3IN3O3S/c1-16(2,3)27-15(26)24(8-17(18,19)20)14-11(12(22)25)23-13(28-14)9-5-4-6-10(21)7-9/h4-7H,8H2,1-3H3,(H2,22,25). The highest BCUT2D eigenvalue weighted by atomic mass is 127. The number of amides is 2. The van der Waals surface area contributed by atoms with Gasteiger partial charge in [-0.3, -0.25) is 9.69 Å². The quantitative estimate of drug-likeness (QED) is 0.579. The van der Waals surface area contributed by atoms with E-state index >= 15 is 0 Å². The van der Waals surface area contributed by atoms with Crippen molar-refractivity contribution in [3.8, 4) is 10.6 Å². The molecule has 1 aromatic heterocycles. The molecule has 0 aliphatic heterocycles. The zero-order valence-corrected chi connectivity index (χ0v) is 18.1. The maximum absolute atomic E-state index is 13.1. The molecule has 0 radical (unpaired) electrons. The maximum Gasteiger partial charge on any atom is 0.415 e. The average Bonchev–Trinajstić information content (AvgIpc) is 2.95. The third kappa shape index (κ3) is 6.06.